The topological polar surface area (TPSA) is 257 Å². The number of imidazole rings is 3. The molecule has 23 nitrogen and oxygen atoms in total. The number of ether oxygens (including phenoxy) is 2. The van der Waals surface area contributed by atoms with E-state index in [4.69, 9.17) is 25.2 Å². The Morgan fingerprint density at radius 3 is 2.03 bits per heavy atom. The van der Waals surface area contributed by atoms with Crippen LogP contribution >= 0.6 is 0 Å². The summed E-state index contributed by atoms with van der Waals surface area (Å²) in [5.41, 5.74) is 24.0. The molecule has 5 aromatic carbocycles. The number of carbonyl (C=O) groups excluding carboxylic acids is 4. The van der Waals surface area contributed by atoms with Gasteiger partial charge in [0.05, 0.1) is 65.2 Å². The number of likely N-dealkylation sites (N-methyl/N-ethyl adjacent to an activating group) is 2. The van der Waals surface area contributed by atoms with E-state index in [1.807, 2.05) is 49.0 Å². The number of nitrogens with one attached hydrogen (secondary N) is 7. The Labute approximate surface area is 613 Å². The molecule has 104 heavy (non-hydrogen) atoms. The molecule has 8 aromatic rings. The molecule has 2 fully saturated rings. The summed E-state index contributed by atoms with van der Waals surface area (Å²) in [5.74, 6) is 3.32. The molecule has 9 N–H and O–H groups in total. The summed E-state index contributed by atoms with van der Waals surface area (Å²) in [4.78, 5) is 88.1. The van der Waals surface area contributed by atoms with Crippen molar-refractivity contribution < 1.29 is 33.2 Å². The van der Waals surface area contributed by atoms with Gasteiger partial charge in [-0.05, 0) is 150 Å². The van der Waals surface area contributed by atoms with Gasteiger partial charge in [0.25, 0.3) is 5.82 Å². The first-order valence-electron chi connectivity index (χ1n) is 38.0. The number of piperazine rings is 2. The number of nitrogens with zero attached hydrogens (tertiary/aromatic N) is 9. The predicted octanol–water partition coefficient (Wildman–Crippen LogP) is 10.3. The van der Waals surface area contributed by atoms with Crippen LogP contribution in [0.2, 0.25) is 0 Å². The maximum Gasteiger partial charge on any atom is 0.287 e. The molecule has 3 atom stereocenters. The Balaban J connectivity index is 0.884. The van der Waals surface area contributed by atoms with Crippen molar-refractivity contribution in [2.75, 3.05) is 122 Å². The average molecular weight is 1420 g/mol. The van der Waals surface area contributed by atoms with E-state index in [9.17, 15) is 19.2 Å². The zero-order chi connectivity index (χ0) is 73.5. The van der Waals surface area contributed by atoms with Crippen LogP contribution in [0.5, 0.6) is 11.5 Å². The molecule has 12 rings (SSSR count). The number of benzene rings is 5. The molecule has 4 bridgehead atoms. The van der Waals surface area contributed by atoms with E-state index in [0.717, 1.165) is 155 Å². The van der Waals surface area contributed by atoms with E-state index in [1.165, 1.54) is 11.4 Å². The monoisotopic (exact) mass is 1420 g/mol. The van der Waals surface area contributed by atoms with E-state index < -0.39 is 22.3 Å². The predicted molar refractivity (Wildman–Crippen MR) is 414 cm³/mol. The van der Waals surface area contributed by atoms with Crippen molar-refractivity contribution in [1.29, 1.82) is 0 Å². The van der Waals surface area contributed by atoms with Gasteiger partial charge in [-0.1, -0.05) is 67.9 Å². The van der Waals surface area contributed by atoms with Crippen LogP contribution in [0.25, 0.3) is 67.3 Å². The normalized spacial score (nSPS) is 21.5. The highest BCUT2D eigenvalue weighted by atomic mass is 16.5. The van der Waals surface area contributed by atoms with Gasteiger partial charge in [-0.3, -0.25) is 29.1 Å². The number of aromatic nitrogens is 6. The Morgan fingerprint density at radius 1 is 0.712 bits per heavy atom. The number of nitrogens with two attached hydrogens (primary N) is 1. The molecular formula is C81H112N17O6+. The Kier molecular flexibility index (Phi) is 23.5. The van der Waals surface area contributed by atoms with Crippen molar-refractivity contribution in [3.8, 4) is 45.7 Å². The molecular weight excluding hydrogens is 1310 g/mol. The summed E-state index contributed by atoms with van der Waals surface area (Å²) in [6.07, 6.45) is 7.69. The largest absolute Gasteiger partial charge is 0.494 e. The van der Waals surface area contributed by atoms with Crippen LogP contribution in [0.1, 0.15) is 138 Å². The van der Waals surface area contributed by atoms with Gasteiger partial charge in [0.1, 0.15) is 35.5 Å². The number of anilines is 2. The Bertz CT molecular complexity index is 4380. The van der Waals surface area contributed by atoms with E-state index in [-0.39, 0.29) is 55.5 Å². The van der Waals surface area contributed by atoms with Crippen molar-refractivity contribution in [3.05, 3.63) is 114 Å². The van der Waals surface area contributed by atoms with Crippen LogP contribution in [0.3, 0.4) is 0 Å². The molecule has 4 aliphatic heterocycles. The van der Waals surface area contributed by atoms with Crippen LogP contribution in [0, 0.1) is 5.92 Å². The summed E-state index contributed by atoms with van der Waals surface area (Å²) in [5, 5.41) is 8.59. The third kappa shape index (κ3) is 17.7. The van der Waals surface area contributed by atoms with Crippen LogP contribution in [0.4, 0.5) is 11.4 Å². The number of amides is 2. The van der Waals surface area contributed by atoms with Crippen LogP contribution in [-0.2, 0) is 36.6 Å². The molecule has 0 radical (unpaired) electrons. The average Bonchev–Trinajstić information content (AvgIpc) is 1.44. The van der Waals surface area contributed by atoms with Crippen molar-refractivity contribution >= 4 is 67.9 Å². The molecule has 3 unspecified atom stereocenters. The standard InChI is InChI=1S/C81H111N17O6/c1-12-30-81(9)72(100)49-84-58(13-2)24-22-54(3)71(99)20-15-41-103-62-19-14-18-56(43-62)78-89-69-46-55(76-85-65-27-25-60(47-67(65)87-76)94-37-33-92(10)34-38-94)23-29-70(69)98(78)53-80(7,8)64-45-57(77-86-66-28-26-61(48-68(66)88-77)95-39-35-93(11)36-40-95)44-63(79(4,5)6)75(64)104-42-16-21-74(102)83-31-17-32-97-51-59(90-91-97)50-96(81)52-73(82)101/h14,18-19,23,25-29,43-48,51,54,58,84,90-91H,12-13,15-17,20-22,24,30-42,49-50,52-53H2,1-11H3,(H5,82,83,85,86,87,88,101,102)/p+1. The molecule has 7 heterocycles. The summed E-state index contributed by atoms with van der Waals surface area (Å²) in [7, 11) is 4.36. The van der Waals surface area contributed by atoms with Gasteiger partial charge in [0.15, 0.2) is 16.8 Å². The number of primary amides is 1. The number of H-pyrrole nitrogens is 3. The summed E-state index contributed by atoms with van der Waals surface area (Å²) in [6.45, 7) is 29.7. The molecule has 556 valence electrons. The first-order chi connectivity index (χ1) is 49.9. The van der Waals surface area contributed by atoms with Gasteiger partial charge in [-0.2, -0.15) is 0 Å². The minimum atomic E-state index is -0.996. The lowest BCUT2D eigenvalue weighted by atomic mass is 9.77. The molecule has 0 aliphatic carbocycles. The molecule has 0 spiro atoms. The van der Waals surface area contributed by atoms with E-state index in [1.54, 1.807) is 0 Å². The fourth-order valence-corrected chi connectivity index (χ4v) is 15.2. The number of fused-ring (bicyclic) bond motifs is 10. The second-order valence-electron chi connectivity index (χ2n) is 31.4. The lowest BCUT2D eigenvalue weighted by molar-refractivity contribution is -0.668. The van der Waals surface area contributed by atoms with E-state index >= 15 is 0 Å². The minimum absolute atomic E-state index is 0.00911. The van der Waals surface area contributed by atoms with Crippen LogP contribution in [-0.4, -0.2) is 192 Å². The quantitative estimate of drug-likeness (QED) is 0.0625. The number of Topliss-reactive ketones (excluding diaryl/α,β-unsaturated/α-hetero) is 2. The molecule has 2 saturated heterocycles. The molecule has 23 heteroatoms. The van der Waals surface area contributed by atoms with Crippen molar-refractivity contribution in [2.45, 2.75) is 155 Å². The van der Waals surface area contributed by atoms with Gasteiger partial charge in [0, 0.05) is 148 Å². The lowest BCUT2D eigenvalue weighted by Crippen LogP contribution is -2.58. The number of hydrazine groups is 2. The number of rotatable bonds is 9. The van der Waals surface area contributed by atoms with Crippen LogP contribution < -0.4 is 51.2 Å². The number of hydrogen-bond donors (Lipinski definition) is 8. The van der Waals surface area contributed by atoms with Gasteiger partial charge in [-0.25, -0.2) is 19.5 Å². The van der Waals surface area contributed by atoms with Gasteiger partial charge in [-0.15, -0.1) is 5.53 Å². The maximum absolute atomic E-state index is 14.5. The van der Waals surface area contributed by atoms with Crippen LogP contribution in [0.15, 0.2) is 103 Å². The van der Waals surface area contributed by atoms with Crippen molar-refractivity contribution in [2.24, 2.45) is 11.7 Å². The Hall–Kier alpha value is -8.87. The van der Waals surface area contributed by atoms with Crippen molar-refractivity contribution in [3.63, 3.8) is 0 Å². The maximum atomic E-state index is 14.5. The van der Waals surface area contributed by atoms with E-state index in [0.29, 0.717) is 83.5 Å². The second-order valence-corrected chi connectivity index (χ2v) is 31.4. The summed E-state index contributed by atoms with van der Waals surface area (Å²) >= 11 is 0. The molecule has 2 amide bonds. The fraction of sp³-hybridized carbons (Fsp3) is 0.519. The second kappa shape index (κ2) is 32.6. The third-order valence-corrected chi connectivity index (χ3v) is 21.8. The molecule has 4 aliphatic rings. The van der Waals surface area contributed by atoms with Gasteiger partial charge in [0.2, 0.25) is 11.8 Å². The zero-order valence-electron chi connectivity index (χ0n) is 63.3. The summed E-state index contributed by atoms with van der Waals surface area (Å²) in [6, 6.07) is 32.4. The minimum Gasteiger partial charge on any atom is -0.494 e. The summed E-state index contributed by atoms with van der Waals surface area (Å²) < 4.78 is 16.1. The number of ketones is 2. The van der Waals surface area contributed by atoms with E-state index in [2.05, 4.69) is 195 Å². The fourth-order valence-electron chi connectivity index (χ4n) is 15.2. The first-order valence-corrected chi connectivity index (χ1v) is 38.0. The van der Waals surface area contributed by atoms with Crippen molar-refractivity contribution in [1.82, 2.24) is 66.2 Å². The smallest absolute Gasteiger partial charge is 0.287 e. The van der Waals surface area contributed by atoms with Gasteiger partial charge >= 0.3 is 0 Å². The van der Waals surface area contributed by atoms with Gasteiger partial charge < -0.3 is 60.8 Å². The molecule has 3 aromatic heterocycles. The lowest BCUT2D eigenvalue weighted by Gasteiger charge is -2.40. The third-order valence-electron chi connectivity index (χ3n) is 21.8. The number of aromatic amines is 3. The number of carbonyl (C=O) groups is 4. The highest BCUT2D eigenvalue weighted by Crippen LogP contribution is 2.44. The highest BCUT2D eigenvalue weighted by molar-refractivity contribution is 5.91. The molecule has 0 saturated carbocycles. The zero-order valence-corrected chi connectivity index (χ0v) is 63.3. The SMILES string of the molecule is CCCC1(C)C(=O)CNC(CC)CCC(C)C(=O)CCCOc2cccc(c2)-c2[nH]c3cc(-c4nc5ccc(N6CCN(C)CC6)cc5[nH]4)ccc3[n+]2CC(C)(C)c2cc(-c3nc4ccc(N5CCN(C)CC5)cc4[nH]3)cc(C(C)(C)C)c2OCCCC(=O)NCCCN2C=C(CN1CC(N)=O)NN2. The Morgan fingerprint density at radius 2 is 1.38 bits per heavy atom. The highest BCUT2D eigenvalue weighted by Gasteiger charge is 2.41. The first kappa shape index (κ1) is 74.8. The number of hydrogen-bond acceptors (Lipinski definition) is 17.